The van der Waals surface area contributed by atoms with Gasteiger partial charge in [0, 0.05) is 31.3 Å². The number of imide groups is 1. The number of aliphatic hydroxyl groups is 2. The van der Waals surface area contributed by atoms with E-state index in [1.807, 2.05) is 0 Å². The predicted molar refractivity (Wildman–Crippen MR) is 176 cm³/mol. The number of aliphatic hydroxyl groups excluding tert-OH is 1. The van der Waals surface area contributed by atoms with E-state index in [1.54, 1.807) is 38.1 Å². The number of anilines is 1. The monoisotopic (exact) mass is 703 g/mol. The standard InChI is InChI=1S/C32H45N7O11/c1-18(2)28(38-30(47)22(6-4-8-27(44)45)36-24(41)16-39-25(42)13-14-26(39)43)31(48)37-23(7-5-15-34-32(33)49)29(46)35-21-11-9-20(10-12-21)17-50-19(3)40/h9-14,18,22-23,27-28,44-45H,4-8,15-17H2,1-3H3,(H,35,46)(H,36,41)(H,37,48)(H,38,47)(H3,33,34,49)/t22-,23-,28-/m0/s1. The van der Waals surface area contributed by atoms with Crippen LogP contribution in [0.5, 0.6) is 0 Å². The summed E-state index contributed by atoms with van der Waals surface area (Å²) in [5, 5.41) is 31.3. The maximum absolute atomic E-state index is 13.6. The molecule has 274 valence electrons. The van der Waals surface area contributed by atoms with Crippen LogP contribution in [0.4, 0.5) is 10.5 Å². The third kappa shape index (κ3) is 14.4. The topological polar surface area (TPSA) is 276 Å². The molecule has 1 aromatic carbocycles. The Bertz CT molecular complexity index is 1410. The molecule has 18 heteroatoms. The number of esters is 1. The summed E-state index contributed by atoms with van der Waals surface area (Å²) >= 11 is 0. The Morgan fingerprint density at radius 1 is 0.820 bits per heavy atom. The van der Waals surface area contributed by atoms with Gasteiger partial charge in [-0.2, -0.15) is 0 Å². The van der Waals surface area contributed by atoms with Crippen molar-refractivity contribution in [2.75, 3.05) is 18.4 Å². The Labute approximate surface area is 288 Å². The molecule has 0 saturated carbocycles. The molecule has 0 spiro atoms. The number of urea groups is 1. The van der Waals surface area contributed by atoms with E-state index in [-0.39, 0.29) is 45.3 Å². The molecule has 3 atom stereocenters. The molecule has 0 unspecified atom stereocenters. The molecule has 0 bridgehead atoms. The molecule has 0 aliphatic carbocycles. The number of primary amides is 1. The quantitative estimate of drug-likeness (QED) is 0.0340. The van der Waals surface area contributed by atoms with Crippen molar-refractivity contribution in [1.82, 2.24) is 26.2 Å². The number of rotatable bonds is 20. The van der Waals surface area contributed by atoms with Crippen LogP contribution in [0.2, 0.25) is 0 Å². The number of carbonyl (C=O) groups excluding carboxylic acids is 8. The summed E-state index contributed by atoms with van der Waals surface area (Å²) < 4.78 is 4.96. The van der Waals surface area contributed by atoms with Crippen LogP contribution in [0.3, 0.4) is 0 Å². The van der Waals surface area contributed by atoms with Gasteiger partial charge < -0.3 is 47.3 Å². The van der Waals surface area contributed by atoms with Crippen molar-refractivity contribution in [2.24, 2.45) is 11.7 Å². The van der Waals surface area contributed by atoms with Gasteiger partial charge in [0.2, 0.25) is 23.6 Å². The third-order valence-electron chi connectivity index (χ3n) is 7.32. The van der Waals surface area contributed by atoms with Crippen LogP contribution < -0.4 is 32.3 Å². The Kier molecular flexibility index (Phi) is 16.5. The smallest absolute Gasteiger partial charge is 0.312 e. The fourth-order valence-electron chi connectivity index (χ4n) is 4.68. The molecule has 18 nitrogen and oxygen atoms in total. The van der Waals surface area contributed by atoms with Crippen LogP contribution in [0, 0.1) is 5.92 Å². The van der Waals surface area contributed by atoms with E-state index in [2.05, 4.69) is 26.6 Å². The van der Waals surface area contributed by atoms with Crippen molar-refractivity contribution in [3.63, 3.8) is 0 Å². The van der Waals surface area contributed by atoms with Crippen LogP contribution in [0.25, 0.3) is 0 Å². The number of nitrogens with one attached hydrogen (secondary N) is 5. The first kappa shape index (κ1) is 40.8. The maximum atomic E-state index is 13.6. The summed E-state index contributed by atoms with van der Waals surface area (Å²) in [4.78, 5) is 99.7. The molecule has 0 fully saturated rings. The summed E-state index contributed by atoms with van der Waals surface area (Å²) in [6, 6.07) is 2.03. The lowest BCUT2D eigenvalue weighted by molar-refractivity contribution is -0.142. The molecule has 1 aliphatic heterocycles. The highest BCUT2D eigenvalue weighted by Crippen LogP contribution is 2.13. The van der Waals surface area contributed by atoms with Gasteiger partial charge in [0.1, 0.15) is 31.3 Å². The molecule has 0 aromatic heterocycles. The van der Waals surface area contributed by atoms with Gasteiger partial charge in [0.25, 0.3) is 11.8 Å². The average molecular weight is 704 g/mol. The second-order valence-corrected chi connectivity index (χ2v) is 11.8. The van der Waals surface area contributed by atoms with E-state index in [0.29, 0.717) is 16.2 Å². The lowest BCUT2D eigenvalue weighted by Crippen LogP contribution is -2.58. The SMILES string of the molecule is CC(=O)OCc1ccc(NC(=O)[C@H](CCCNC(N)=O)NC(=O)[C@@H](NC(=O)[C@H](CCCC(O)O)NC(=O)CN2C(=O)C=CC2=O)C(C)C)cc1. The largest absolute Gasteiger partial charge is 0.461 e. The second kappa shape index (κ2) is 20.2. The second-order valence-electron chi connectivity index (χ2n) is 11.8. The number of ether oxygens (including phenoxy) is 1. The molecule has 1 heterocycles. The van der Waals surface area contributed by atoms with E-state index in [0.717, 1.165) is 12.2 Å². The minimum absolute atomic E-state index is 0.0423. The van der Waals surface area contributed by atoms with E-state index in [9.17, 15) is 48.6 Å². The van der Waals surface area contributed by atoms with Crippen molar-refractivity contribution in [1.29, 1.82) is 0 Å². The summed E-state index contributed by atoms with van der Waals surface area (Å²) in [6.45, 7) is 4.05. The number of amides is 8. The first-order valence-electron chi connectivity index (χ1n) is 15.9. The molecule has 8 amide bonds. The average Bonchev–Trinajstić information content (AvgIpc) is 3.35. The number of nitrogens with zero attached hydrogens (tertiary/aromatic N) is 1. The van der Waals surface area contributed by atoms with Gasteiger partial charge >= 0.3 is 12.0 Å². The first-order valence-corrected chi connectivity index (χ1v) is 15.9. The lowest BCUT2D eigenvalue weighted by Gasteiger charge is -2.27. The van der Waals surface area contributed by atoms with Crippen LogP contribution in [0.15, 0.2) is 36.4 Å². The minimum Gasteiger partial charge on any atom is -0.461 e. The van der Waals surface area contributed by atoms with Gasteiger partial charge in [-0.15, -0.1) is 0 Å². The summed E-state index contributed by atoms with van der Waals surface area (Å²) in [6.07, 6.45) is 0.491. The number of carbonyl (C=O) groups is 8. The molecule has 50 heavy (non-hydrogen) atoms. The zero-order chi connectivity index (χ0) is 37.4. The predicted octanol–water partition coefficient (Wildman–Crippen LogP) is -1.35. The number of hydrogen-bond acceptors (Lipinski definition) is 11. The fraction of sp³-hybridized carbons (Fsp3) is 0.500. The molecule has 9 N–H and O–H groups in total. The van der Waals surface area contributed by atoms with Crippen LogP contribution in [0.1, 0.15) is 58.4 Å². The first-order chi connectivity index (χ1) is 23.6. The Hall–Kier alpha value is -5.36. The highest BCUT2D eigenvalue weighted by atomic mass is 16.5. The van der Waals surface area contributed by atoms with Crippen LogP contribution in [-0.2, 0) is 44.9 Å². The summed E-state index contributed by atoms with van der Waals surface area (Å²) in [7, 11) is 0. The Morgan fingerprint density at radius 2 is 1.42 bits per heavy atom. The molecule has 1 aromatic rings. The minimum atomic E-state index is -1.67. The van der Waals surface area contributed by atoms with Crippen molar-refractivity contribution in [3.8, 4) is 0 Å². The third-order valence-corrected chi connectivity index (χ3v) is 7.32. The van der Waals surface area contributed by atoms with E-state index < -0.39 is 84.3 Å². The zero-order valence-electron chi connectivity index (χ0n) is 28.1. The Balaban J connectivity index is 2.17. The van der Waals surface area contributed by atoms with E-state index in [4.69, 9.17) is 10.5 Å². The van der Waals surface area contributed by atoms with Crippen molar-refractivity contribution in [2.45, 2.75) is 83.9 Å². The number of benzene rings is 1. The number of hydrogen-bond donors (Lipinski definition) is 8. The van der Waals surface area contributed by atoms with Crippen molar-refractivity contribution in [3.05, 3.63) is 42.0 Å². The van der Waals surface area contributed by atoms with Gasteiger partial charge in [-0.25, -0.2) is 4.79 Å². The summed E-state index contributed by atoms with van der Waals surface area (Å²) in [5.74, 6) is -5.36. The zero-order valence-corrected chi connectivity index (χ0v) is 28.1. The van der Waals surface area contributed by atoms with Crippen molar-refractivity contribution >= 4 is 53.1 Å². The fourth-order valence-corrected chi connectivity index (χ4v) is 4.68. The molecule has 1 aliphatic rings. The molecule has 0 radical (unpaired) electrons. The van der Waals surface area contributed by atoms with Gasteiger partial charge in [0.05, 0.1) is 0 Å². The van der Waals surface area contributed by atoms with Crippen LogP contribution in [-0.4, -0.2) is 100 Å². The molecular weight excluding hydrogens is 658 g/mol. The molecule has 0 saturated heterocycles. The van der Waals surface area contributed by atoms with Gasteiger partial charge in [0.15, 0.2) is 6.29 Å². The van der Waals surface area contributed by atoms with E-state index >= 15 is 0 Å². The highest BCUT2D eigenvalue weighted by molar-refractivity contribution is 6.14. The van der Waals surface area contributed by atoms with Gasteiger partial charge in [-0.05, 0) is 55.7 Å². The normalized spacial score (nSPS) is 14.2. The van der Waals surface area contributed by atoms with E-state index in [1.165, 1.54) is 6.92 Å². The highest BCUT2D eigenvalue weighted by Gasteiger charge is 2.32. The lowest BCUT2D eigenvalue weighted by atomic mass is 10.0. The van der Waals surface area contributed by atoms with Gasteiger partial charge in [-0.3, -0.25) is 38.5 Å². The van der Waals surface area contributed by atoms with Crippen LogP contribution >= 0.6 is 0 Å². The Morgan fingerprint density at radius 3 is 1.98 bits per heavy atom. The number of nitrogens with two attached hydrogens (primary N) is 1. The maximum Gasteiger partial charge on any atom is 0.312 e. The summed E-state index contributed by atoms with van der Waals surface area (Å²) in [5.41, 5.74) is 6.17. The molecular formula is C32H45N7O11. The van der Waals surface area contributed by atoms with Gasteiger partial charge in [-0.1, -0.05) is 26.0 Å². The molecule has 2 rings (SSSR count). The van der Waals surface area contributed by atoms with Crippen molar-refractivity contribution < 1.29 is 53.3 Å².